The Balaban J connectivity index is 2.47. The second-order valence-electron chi connectivity index (χ2n) is 4.56. The number of aryl methyl sites for hydroxylation is 1. The van der Waals surface area contributed by atoms with Gasteiger partial charge in [0.15, 0.2) is 11.2 Å². The third kappa shape index (κ3) is 2.14. The van der Waals surface area contributed by atoms with Gasteiger partial charge < -0.3 is 14.6 Å². The lowest BCUT2D eigenvalue weighted by Crippen LogP contribution is -2.37. The fourth-order valence-corrected chi connectivity index (χ4v) is 1.87. The van der Waals surface area contributed by atoms with Gasteiger partial charge in [-0.3, -0.25) is 4.98 Å². The van der Waals surface area contributed by atoms with Crippen molar-refractivity contribution in [2.24, 2.45) is 0 Å². The van der Waals surface area contributed by atoms with Crippen molar-refractivity contribution in [2.75, 3.05) is 0 Å². The van der Waals surface area contributed by atoms with Crippen molar-refractivity contribution >= 4 is 17.1 Å². The van der Waals surface area contributed by atoms with Crippen molar-refractivity contribution < 1.29 is 19.4 Å². The van der Waals surface area contributed by atoms with Gasteiger partial charge in [0.05, 0.1) is 5.52 Å². The standard InChI is InChI=1S/C12H13NO5/c1-6-3-7(5-12(2,17)10(14)15)4-8-9(6)13-11(16)18-8/h3-4,17H,5H2,1-2H3,(H,13,16)(H,14,15)/t12-/m1/s1. The maximum atomic E-state index is 11.1. The topological polar surface area (TPSA) is 104 Å². The van der Waals surface area contributed by atoms with Gasteiger partial charge in [-0.1, -0.05) is 6.07 Å². The third-order valence-electron chi connectivity index (χ3n) is 2.80. The minimum absolute atomic E-state index is 0.0615. The Morgan fingerprint density at radius 2 is 2.17 bits per heavy atom. The summed E-state index contributed by atoms with van der Waals surface area (Å²) in [6.07, 6.45) is -0.0615. The van der Waals surface area contributed by atoms with E-state index in [2.05, 4.69) is 4.98 Å². The molecule has 1 aromatic heterocycles. The van der Waals surface area contributed by atoms with Crippen LogP contribution in [0.3, 0.4) is 0 Å². The molecule has 18 heavy (non-hydrogen) atoms. The summed E-state index contributed by atoms with van der Waals surface area (Å²) < 4.78 is 4.92. The molecule has 6 nitrogen and oxygen atoms in total. The second kappa shape index (κ2) is 3.99. The van der Waals surface area contributed by atoms with Crippen molar-refractivity contribution in [1.82, 2.24) is 4.98 Å². The zero-order valence-corrected chi connectivity index (χ0v) is 9.98. The van der Waals surface area contributed by atoms with Crippen molar-refractivity contribution in [1.29, 1.82) is 0 Å². The number of benzene rings is 1. The van der Waals surface area contributed by atoms with Crippen LogP contribution in [0.2, 0.25) is 0 Å². The van der Waals surface area contributed by atoms with Crippen LogP contribution in [-0.2, 0) is 11.2 Å². The lowest BCUT2D eigenvalue weighted by atomic mass is 9.95. The average Bonchev–Trinajstić information content (AvgIpc) is 2.58. The van der Waals surface area contributed by atoms with E-state index in [1.165, 1.54) is 6.92 Å². The number of carboxylic acids is 1. The monoisotopic (exact) mass is 251 g/mol. The maximum Gasteiger partial charge on any atom is 0.417 e. The molecule has 1 heterocycles. The quantitative estimate of drug-likeness (QED) is 0.748. The van der Waals surface area contributed by atoms with Crippen LogP contribution in [0, 0.1) is 6.92 Å². The molecular weight excluding hydrogens is 238 g/mol. The highest BCUT2D eigenvalue weighted by atomic mass is 16.4. The van der Waals surface area contributed by atoms with Crippen molar-refractivity contribution in [3.8, 4) is 0 Å². The molecule has 0 radical (unpaired) electrons. The molecule has 6 heteroatoms. The van der Waals surface area contributed by atoms with E-state index >= 15 is 0 Å². The minimum Gasteiger partial charge on any atom is -0.479 e. The Bertz CT molecular complexity index is 665. The van der Waals surface area contributed by atoms with E-state index < -0.39 is 17.3 Å². The fourth-order valence-electron chi connectivity index (χ4n) is 1.87. The zero-order chi connectivity index (χ0) is 13.5. The first-order chi connectivity index (χ1) is 8.29. The SMILES string of the molecule is Cc1cc(C[C@@](C)(O)C(=O)O)cc2oc(=O)[nH]c12. The molecule has 1 atom stereocenters. The summed E-state index contributed by atoms with van der Waals surface area (Å²) in [5.41, 5.74) is 0.441. The van der Waals surface area contributed by atoms with E-state index in [4.69, 9.17) is 9.52 Å². The molecule has 0 aliphatic carbocycles. The number of fused-ring (bicyclic) bond motifs is 1. The summed E-state index contributed by atoms with van der Waals surface area (Å²) in [5, 5.41) is 18.6. The predicted molar refractivity (Wildman–Crippen MR) is 63.5 cm³/mol. The summed E-state index contributed by atoms with van der Waals surface area (Å²) >= 11 is 0. The van der Waals surface area contributed by atoms with Gasteiger partial charge in [-0.05, 0) is 31.0 Å². The molecule has 0 spiro atoms. The molecule has 0 saturated carbocycles. The van der Waals surface area contributed by atoms with Gasteiger partial charge in [0.25, 0.3) is 0 Å². The molecule has 2 rings (SSSR count). The molecule has 3 N–H and O–H groups in total. The summed E-state index contributed by atoms with van der Waals surface area (Å²) in [7, 11) is 0. The summed E-state index contributed by atoms with van der Waals surface area (Å²) in [6.45, 7) is 2.99. The summed E-state index contributed by atoms with van der Waals surface area (Å²) in [6, 6.07) is 3.27. The maximum absolute atomic E-state index is 11.1. The molecule has 0 aliphatic rings. The normalized spacial score (nSPS) is 14.6. The van der Waals surface area contributed by atoms with Gasteiger partial charge in [-0.25, -0.2) is 9.59 Å². The molecule has 0 unspecified atom stereocenters. The van der Waals surface area contributed by atoms with Gasteiger partial charge >= 0.3 is 11.7 Å². The molecule has 0 bridgehead atoms. The van der Waals surface area contributed by atoms with E-state index in [0.29, 0.717) is 16.7 Å². The first kappa shape index (κ1) is 12.4. The van der Waals surface area contributed by atoms with Crippen LogP contribution in [0.4, 0.5) is 0 Å². The van der Waals surface area contributed by atoms with E-state index in [0.717, 1.165) is 5.56 Å². The first-order valence-electron chi connectivity index (χ1n) is 5.38. The lowest BCUT2D eigenvalue weighted by Gasteiger charge is -2.17. The number of rotatable bonds is 3. The number of aliphatic carboxylic acids is 1. The first-order valence-corrected chi connectivity index (χ1v) is 5.38. The summed E-state index contributed by atoms with van der Waals surface area (Å²) in [4.78, 5) is 24.5. The van der Waals surface area contributed by atoms with Gasteiger partial charge in [-0.2, -0.15) is 0 Å². The Hall–Kier alpha value is -2.08. The van der Waals surface area contributed by atoms with E-state index in [1.807, 2.05) is 0 Å². The molecule has 1 aromatic carbocycles. The Morgan fingerprint density at radius 3 is 2.78 bits per heavy atom. The van der Waals surface area contributed by atoms with Crippen molar-refractivity contribution in [3.63, 3.8) is 0 Å². The van der Waals surface area contributed by atoms with Crippen LogP contribution in [-0.4, -0.2) is 26.8 Å². The molecule has 0 aliphatic heterocycles. The molecule has 2 aromatic rings. The third-order valence-corrected chi connectivity index (χ3v) is 2.80. The molecule has 0 amide bonds. The van der Waals surface area contributed by atoms with Crippen molar-refractivity contribution in [2.45, 2.75) is 25.9 Å². The predicted octanol–water partition coefficient (Wildman–Crippen LogP) is 0.808. The second-order valence-corrected chi connectivity index (χ2v) is 4.56. The highest BCUT2D eigenvalue weighted by Gasteiger charge is 2.30. The Morgan fingerprint density at radius 1 is 1.50 bits per heavy atom. The number of nitrogens with one attached hydrogen (secondary N) is 1. The average molecular weight is 251 g/mol. The number of aliphatic hydroxyl groups is 1. The largest absolute Gasteiger partial charge is 0.479 e. The minimum atomic E-state index is -1.85. The molecule has 0 fully saturated rings. The van der Waals surface area contributed by atoms with Crippen LogP contribution in [0.5, 0.6) is 0 Å². The fraction of sp³-hybridized carbons (Fsp3) is 0.333. The van der Waals surface area contributed by atoms with Crippen LogP contribution in [0.15, 0.2) is 21.3 Å². The van der Waals surface area contributed by atoms with Crippen LogP contribution < -0.4 is 5.76 Å². The number of hydrogen-bond donors (Lipinski definition) is 3. The van der Waals surface area contributed by atoms with Gasteiger partial charge in [0.1, 0.15) is 0 Å². The van der Waals surface area contributed by atoms with E-state index in [9.17, 15) is 14.7 Å². The van der Waals surface area contributed by atoms with Crippen molar-refractivity contribution in [3.05, 3.63) is 33.8 Å². The Kier molecular flexibility index (Phi) is 2.74. The number of aromatic amines is 1. The number of hydrogen-bond acceptors (Lipinski definition) is 4. The number of carboxylic acid groups (broad SMARTS) is 1. The number of aromatic nitrogens is 1. The highest BCUT2D eigenvalue weighted by Crippen LogP contribution is 2.21. The van der Waals surface area contributed by atoms with Crippen LogP contribution in [0.1, 0.15) is 18.1 Å². The van der Waals surface area contributed by atoms with E-state index in [-0.39, 0.29) is 6.42 Å². The molecule has 96 valence electrons. The van der Waals surface area contributed by atoms with Crippen LogP contribution >= 0.6 is 0 Å². The molecule has 0 saturated heterocycles. The lowest BCUT2D eigenvalue weighted by molar-refractivity contribution is -0.156. The molecular formula is C12H13NO5. The number of oxazole rings is 1. The van der Waals surface area contributed by atoms with Gasteiger partial charge in [0, 0.05) is 6.42 Å². The zero-order valence-electron chi connectivity index (χ0n) is 9.98. The summed E-state index contributed by atoms with van der Waals surface area (Å²) in [5.74, 6) is -1.86. The number of carbonyl (C=O) groups is 1. The smallest absolute Gasteiger partial charge is 0.417 e. The van der Waals surface area contributed by atoms with Gasteiger partial charge in [-0.15, -0.1) is 0 Å². The number of H-pyrrole nitrogens is 1. The Labute approximate surface area is 102 Å². The van der Waals surface area contributed by atoms with Crippen LogP contribution in [0.25, 0.3) is 11.1 Å². The highest BCUT2D eigenvalue weighted by molar-refractivity contribution is 5.79. The van der Waals surface area contributed by atoms with Gasteiger partial charge in [0.2, 0.25) is 0 Å². The van der Waals surface area contributed by atoms with E-state index in [1.54, 1.807) is 19.1 Å².